The van der Waals surface area contributed by atoms with Gasteiger partial charge in [0.25, 0.3) is 0 Å². The second kappa shape index (κ2) is 7.49. The molecule has 1 aliphatic rings. The van der Waals surface area contributed by atoms with Crippen molar-refractivity contribution < 1.29 is 9.84 Å². The fraction of sp³-hybridized carbons (Fsp3) is 1.00. The number of ether oxygens (including phenoxy) is 1. The molecule has 0 bridgehead atoms. The Balaban J connectivity index is 2.22. The smallest absolute Gasteiger partial charge is 0.0897 e. The molecular weight excluding hydrogens is 210 g/mol. The van der Waals surface area contributed by atoms with E-state index in [9.17, 15) is 5.11 Å². The third kappa shape index (κ3) is 4.72. The predicted molar refractivity (Wildman–Crippen MR) is 65.4 cm³/mol. The molecule has 0 saturated heterocycles. The van der Waals surface area contributed by atoms with Gasteiger partial charge in [-0.05, 0) is 19.1 Å². The molecule has 0 aromatic rings. The molecule has 1 rings (SSSR count). The van der Waals surface area contributed by atoms with Gasteiger partial charge in [0.05, 0.1) is 12.7 Å². The Hall–Kier alpha value is 0.230. The Bertz CT molecular complexity index is 169. The number of thioether (sulfide) groups is 1. The number of hydrogen-bond acceptors (Lipinski definition) is 4. The van der Waals surface area contributed by atoms with Gasteiger partial charge in [-0.2, -0.15) is 11.8 Å². The zero-order valence-electron chi connectivity index (χ0n) is 9.74. The molecule has 0 aliphatic heterocycles. The van der Waals surface area contributed by atoms with Crippen molar-refractivity contribution in [3.63, 3.8) is 0 Å². The number of nitrogens with one attached hydrogen (secondary N) is 1. The first-order valence-electron chi connectivity index (χ1n) is 5.71. The van der Waals surface area contributed by atoms with Crippen molar-refractivity contribution in [2.45, 2.75) is 43.1 Å². The fourth-order valence-electron chi connectivity index (χ4n) is 2.15. The van der Waals surface area contributed by atoms with Gasteiger partial charge in [-0.1, -0.05) is 12.8 Å². The van der Waals surface area contributed by atoms with Gasteiger partial charge in [0.15, 0.2) is 0 Å². The van der Waals surface area contributed by atoms with Gasteiger partial charge in [0.2, 0.25) is 0 Å². The lowest BCUT2D eigenvalue weighted by Gasteiger charge is -2.31. The summed E-state index contributed by atoms with van der Waals surface area (Å²) in [6, 6.07) is 0.570. The molecule has 0 radical (unpaired) electrons. The lowest BCUT2D eigenvalue weighted by Crippen LogP contribution is -2.44. The summed E-state index contributed by atoms with van der Waals surface area (Å²) in [7, 11) is 1.62. The summed E-state index contributed by atoms with van der Waals surface area (Å²) in [5.41, 5.74) is 0. The molecule has 1 aliphatic carbocycles. The van der Waals surface area contributed by atoms with Crippen LogP contribution in [0.3, 0.4) is 0 Å². The van der Waals surface area contributed by atoms with Crippen LogP contribution in [0.25, 0.3) is 0 Å². The molecular formula is C11H23NO2S. The van der Waals surface area contributed by atoms with E-state index in [0.717, 1.165) is 0 Å². The Kier molecular flexibility index (Phi) is 6.64. The molecule has 0 heterocycles. The lowest BCUT2D eigenvalue weighted by atomic mass is 9.95. The molecule has 1 saturated carbocycles. The predicted octanol–water partition coefficient (Wildman–Crippen LogP) is 1.26. The fourth-order valence-corrected chi connectivity index (χ4v) is 3.11. The van der Waals surface area contributed by atoms with E-state index in [4.69, 9.17) is 4.74 Å². The Labute approximate surface area is 97.0 Å². The SMILES string of the molecule is COCC(O)CNC1CCCCC1SC. The summed E-state index contributed by atoms with van der Waals surface area (Å²) in [4.78, 5) is 0. The van der Waals surface area contributed by atoms with E-state index < -0.39 is 0 Å². The molecule has 2 N–H and O–H groups in total. The zero-order valence-corrected chi connectivity index (χ0v) is 10.6. The maximum Gasteiger partial charge on any atom is 0.0897 e. The van der Waals surface area contributed by atoms with Crippen LogP contribution in [0.4, 0.5) is 0 Å². The third-order valence-corrected chi connectivity index (χ3v) is 4.15. The van der Waals surface area contributed by atoms with Crippen molar-refractivity contribution in [1.29, 1.82) is 0 Å². The Morgan fingerprint density at radius 3 is 2.87 bits per heavy atom. The standard InChI is InChI=1S/C11H23NO2S/c1-14-8-9(13)7-12-10-5-3-4-6-11(10)15-2/h9-13H,3-8H2,1-2H3. The van der Waals surface area contributed by atoms with Crippen molar-refractivity contribution in [2.24, 2.45) is 0 Å². The van der Waals surface area contributed by atoms with E-state index in [-0.39, 0.29) is 6.10 Å². The quantitative estimate of drug-likeness (QED) is 0.725. The van der Waals surface area contributed by atoms with E-state index in [1.54, 1.807) is 7.11 Å². The lowest BCUT2D eigenvalue weighted by molar-refractivity contribution is 0.0619. The first-order chi connectivity index (χ1) is 7.27. The Morgan fingerprint density at radius 2 is 2.20 bits per heavy atom. The highest BCUT2D eigenvalue weighted by Gasteiger charge is 2.24. The average Bonchev–Trinajstić information content (AvgIpc) is 2.27. The minimum absolute atomic E-state index is 0.376. The van der Waals surface area contributed by atoms with Crippen molar-refractivity contribution >= 4 is 11.8 Å². The number of hydrogen-bond donors (Lipinski definition) is 2. The summed E-state index contributed by atoms with van der Waals surface area (Å²) in [6.45, 7) is 1.07. The minimum atomic E-state index is -0.376. The summed E-state index contributed by atoms with van der Waals surface area (Å²) in [5.74, 6) is 0. The highest BCUT2D eigenvalue weighted by Crippen LogP contribution is 2.26. The molecule has 15 heavy (non-hydrogen) atoms. The van der Waals surface area contributed by atoms with Crippen LogP contribution in [-0.4, -0.2) is 49.0 Å². The molecule has 0 aromatic carbocycles. The van der Waals surface area contributed by atoms with Crippen LogP contribution >= 0.6 is 11.8 Å². The zero-order chi connectivity index (χ0) is 11.1. The maximum absolute atomic E-state index is 9.54. The summed E-state index contributed by atoms with van der Waals surface area (Å²) in [6.07, 6.45) is 7.01. The van der Waals surface area contributed by atoms with Crippen LogP contribution in [0, 0.1) is 0 Å². The molecule has 3 unspecified atom stereocenters. The largest absolute Gasteiger partial charge is 0.389 e. The number of aliphatic hydroxyl groups is 1. The second-order valence-electron chi connectivity index (χ2n) is 4.18. The molecule has 90 valence electrons. The second-order valence-corrected chi connectivity index (χ2v) is 5.26. The van der Waals surface area contributed by atoms with E-state index in [0.29, 0.717) is 24.4 Å². The van der Waals surface area contributed by atoms with Crippen molar-refractivity contribution in [3.8, 4) is 0 Å². The molecule has 0 amide bonds. The summed E-state index contributed by atoms with van der Waals surface area (Å²) < 4.78 is 4.90. The van der Waals surface area contributed by atoms with E-state index in [1.165, 1.54) is 25.7 Å². The van der Waals surface area contributed by atoms with Crippen LogP contribution in [0.1, 0.15) is 25.7 Å². The van der Waals surface area contributed by atoms with Crippen LogP contribution in [0.2, 0.25) is 0 Å². The topological polar surface area (TPSA) is 41.5 Å². The van der Waals surface area contributed by atoms with Crippen LogP contribution < -0.4 is 5.32 Å². The molecule has 1 fully saturated rings. The van der Waals surface area contributed by atoms with Crippen LogP contribution in [0.5, 0.6) is 0 Å². The number of methoxy groups -OCH3 is 1. The minimum Gasteiger partial charge on any atom is -0.389 e. The average molecular weight is 233 g/mol. The normalized spacial score (nSPS) is 29.0. The van der Waals surface area contributed by atoms with E-state index >= 15 is 0 Å². The molecule has 4 heteroatoms. The van der Waals surface area contributed by atoms with Gasteiger partial charge in [-0.25, -0.2) is 0 Å². The van der Waals surface area contributed by atoms with Crippen molar-refractivity contribution in [1.82, 2.24) is 5.32 Å². The molecule has 0 spiro atoms. The molecule has 3 nitrogen and oxygen atoms in total. The Morgan fingerprint density at radius 1 is 1.47 bits per heavy atom. The monoisotopic (exact) mass is 233 g/mol. The van der Waals surface area contributed by atoms with Gasteiger partial charge in [0.1, 0.15) is 0 Å². The van der Waals surface area contributed by atoms with Gasteiger partial charge in [-0.3, -0.25) is 0 Å². The van der Waals surface area contributed by atoms with Gasteiger partial charge >= 0.3 is 0 Å². The van der Waals surface area contributed by atoms with Crippen LogP contribution in [0.15, 0.2) is 0 Å². The van der Waals surface area contributed by atoms with Crippen molar-refractivity contribution in [3.05, 3.63) is 0 Å². The number of aliphatic hydroxyl groups excluding tert-OH is 1. The first kappa shape index (κ1) is 13.3. The van der Waals surface area contributed by atoms with Gasteiger partial charge < -0.3 is 15.2 Å². The maximum atomic E-state index is 9.54. The van der Waals surface area contributed by atoms with Gasteiger partial charge in [-0.15, -0.1) is 0 Å². The number of rotatable bonds is 6. The summed E-state index contributed by atoms with van der Waals surface area (Å²) in [5, 5.41) is 13.7. The van der Waals surface area contributed by atoms with Crippen molar-refractivity contribution in [2.75, 3.05) is 26.5 Å². The molecule has 3 atom stereocenters. The first-order valence-corrected chi connectivity index (χ1v) is 7.00. The third-order valence-electron chi connectivity index (χ3n) is 2.98. The summed E-state index contributed by atoms with van der Waals surface area (Å²) >= 11 is 1.94. The van der Waals surface area contributed by atoms with E-state index in [1.807, 2.05) is 11.8 Å². The highest BCUT2D eigenvalue weighted by molar-refractivity contribution is 7.99. The highest BCUT2D eigenvalue weighted by atomic mass is 32.2. The van der Waals surface area contributed by atoms with Gasteiger partial charge in [0, 0.05) is 24.9 Å². The van der Waals surface area contributed by atoms with E-state index in [2.05, 4.69) is 11.6 Å². The van der Waals surface area contributed by atoms with Crippen LogP contribution in [-0.2, 0) is 4.74 Å². The molecule has 0 aromatic heterocycles.